The Hall–Kier alpha value is -1.49. The number of carbonyl (C=O) groups excluding carboxylic acids is 2. The van der Waals surface area contributed by atoms with Crippen LogP contribution in [0.5, 0.6) is 0 Å². The Morgan fingerprint density at radius 1 is 1.15 bits per heavy atom. The van der Waals surface area contributed by atoms with E-state index < -0.39 is 0 Å². The van der Waals surface area contributed by atoms with Crippen molar-refractivity contribution in [2.45, 2.75) is 63.8 Å². The molecule has 5 heteroatoms. The number of hydrogen-bond donors (Lipinski definition) is 1. The SMILES string of the molecule is CC(C)CCNC(=O)[C@H]1CS[C@H](C2CCCCC2)N1C(=O)c1ccccc1. The fourth-order valence-electron chi connectivity index (χ4n) is 4.10. The highest BCUT2D eigenvalue weighted by Gasteiger charge is 2.44. The minimum Gasteiger partial charge on any atom is -0.354 e. The second-order valence-electron chi connectivity index (χ2n) is 8.19. The number of carbonyl (C=O) groups is 2. The normalized spacial score (nSPS) is 23.6. The smallest absolute Gasteiger partial charge is 0.255 e. The largest absolute Gasteiger partial charge is 0.354 e. The van der Waals surface area contributed by atoms with Crippen LogP contribution in [0.1, 0.15) is 62.7 Å². The lowest BCUT2D eigenvalue weighted by Gasteiger charge is -2.35. The lowest BCUT2D eigenvalue weighted by Crippen LogP contribution is -2.51. The fourth-order valence-corrected chi connectivity index (χ4v) is 5.74. The van der Waals surface area contributed by atoms with Gasteiger partial charge in [0.05, 0.1) is 5.37 Å². The van der Waals surface area contributed by atoms with Gasteiger partial charge >= 0.3 is 0 Å². The van der Waals surface area contributed by atoms with E-state index in [0.717, 1.165) is 19.3 Å². The van der Waals surface area contributed by atoms with Gasteiger partial charge in [-0.25, -0.2) is 0 Å². The van der Waals surface area contributed by atoms with Crippen LogP contribution in [-0.2, 0) is 4.79 Å². The van der Waals surface area contributed by atoms with E-state index in [2.05, 4.69) is 19.2 Å². The number of thioether (sulfide) groups is 1. The van der Waals surface area contributed by atoms with Crippen molar-refractivity contribution in [3.05, 3.63) is 35.9 Å². The zero-order chi connectivity index (χ0) is 19.2. The maximum absolute atomic E-state index is 13.3. The molecule has 1 heterocycles. The van der Waals surface area contributed by atoms with Crippen LogP contribution >= 0.6 is 11.8 Å². The molecule has 27 heavy (non-hydrogen) atoms. The molecule has 4 nitrogen and oxygen atoms in total. The fraction of sp³-hybridized carbons (Fsp3) is 0.636. The number of amides is 2. The van der Waals surface area contributed by atoms with Crippen LogP contribution in [0.3, 0.4) is 0 Å². The van der Waals surface area contributed by atoms with Gasteiger partial charge in [-0.1, -0.05) is 51.3 Å². The Morgan fingerprint density at radius 2 is 1.85 bits per heavy atom. The van der Waals surface area contributed by atoms with Crippen LogP contribution in [0.15, 0.2) is 30.3 Å². The maximum atomic E-state index is 13.3. The highest BCUT2D eigenvalue weighted by molar-refractivity contribution is 8.00. The minimum absolute atomic E-state index is 0.000169. The molecule has 148 valence electrons. The quantitative estimate of drug-likeness (QED) is 0.790. The average Bonchev–Trinajstić information content (AvgIpc) is 3.13. The number of benzene rings is 1. The van der Waals surface area contributed by atoms with Crippen molar-refractivity contribution in [1.82, 2.24) is 10.2 Å². The zero-order valence-electron chi connectivity index (χ0n) is 16.5. The summed E-state index contributed by atoms with van der Waals surface area (Å²) < 4.78 is 0. The van der Waals surface area contributed by atoms with Gasteiger partial charge in [0.25, 0.3) is 5.91 Å². The van der Waals surface area contributed by atoms with Crippen LogP contribution in [-0.4, -0.2) is 40.4 Å². The topological polar surface area (TPSA) is 49.4 Å². The molecule has 2 fully saturated rings. The molecule has 2 amide bonds. The first-order valence-corrected chi connectivity index (χ1v) is 11.4. The Bertz CT molecular complexity index is 628. The Morgan fingerprint density at radius 3 is 2.52 bits per heavy atom. The van der Waals surface area contributed by atoms with Gasteiger partial charge in [-0.15, -0.1) is 11.8 Å². The van der Waals surface area contributed by atoms with Crippen molar-refractivity contribution in [1.29, 1.82) is 0 Å². The van der Waals surface area contributed by atoms with E-state index in [1.807, 2.05) is 35.2 Å². The van der Waals surface area contributed by atoms with Gasteiger partial charge in [-0.05, 0) is 43.2 Å². The number of hydrogen-bond acceptors (Lipinski definition) is 3. The molecule has 0 spiro atoms. The van der Waals surface area contributed by atoms with Gasteiger partial charge in [0.1, 0.15) is 6.04 Å². The first-order chi connectivity index (χ1) is 13.1. The molecule has 1 saturated carbocycles. The molecule has 2 atom stereocenters. The van der Waals surface area contributed by atoms with Crippen LogP contribution < -0.4 is 5.32 Å². The van der Waals surface area contributed by atoms with E-state index in [4.69, 9.17) is 0 Å². The molecule has 1 aromatic rings. The number of rotatable bonds is 6. The van der Waals surface area contributed by atoms with Gasteiger partial charge in [-0.3, -0.25) is 9.59 Å². The van der Waals surface area contributed by atoms with Crippen LogP contribution in [0, 0.1) is 11.8 Å². The van der Waals surface area contributed by atoms with E-state index in [-0.39, 0.29) is 23.2 Å². The second kappa shape index (κ2) is 9.63. The van der Waals surface area contributed by atoms with Crippen molar-refractivity contribution in [3.63, 3.8) is 0 Å². The van der Waals surface area contributed by atoms with Gasteiger partial charge in [0, 0.05) is 17.9 Å². The predicted octanol–water partition coefficient (Wildman–Crippen LogP) is 4.31. The second-order valence-corrected chi connectivity index (χ2v) is 9.34. The van der Waals surface area contributed by atoms with Gasteiger partial charge in [0.15, 0.2) is 0 Å². The standard InChI is InChI=1S/C22H32N2O2S/c1-16(2)13-14-23-20(25)19-15-27-22(18-11-7-4-8-12-18)24(19)21(26)17-9-5-3-6-10-17/h3,5-6,9-10,16,18-19,22H,4,7-8,11-15H2,1-2H3,(H,23,25)/t19-,22-/m1/s1. The summed E-state index contributed by atoms with van der Waals surface area (Å²) in [4.78, 5) is 28.1. The average molecular weight is 389 g/mol. The first-order valence-electron chi connectivity index (χ1n) is 10.3. The van der Waals surface area contributed by atoms with E-state index in [1.54, 1.807) is 11.8 Å². The lowest BCUT2D eigenvalue weighted by molar-refractivity contribution is -0.125. The summed E-state index contributed by atoms with van der Waals surface area (Å²) in [5, 5.41) is 3.19. The van der Waals surface area contributed by atoms with Gasteiger partial charge in [-0.2, -0.15) is 0 Å². The summed E-state index contributed by atoms with van der Waals surface area (Å²) in [6, 6.07) is 9.06. The molecule has 1 aliphatic carbocycles. The van der Waals surface area contributed by atoms with E-state index in [9.17, 15) is 9.59 Å². The molecule has 0 bridgehead atoms. The Balaban J connectivity index is 1.77. The molecule has 0 aromatic heterocycles. The summed E-state index contributed by atoms with van der Waals surface area (Å²) in [7, 11) is 0. The molecule has 2 aliphatic rings. The van der Waals surface area contributed by atoms with Crippen molar-refractivity contribution in [2.24, 2.45) is 11.8 Å². The molecular weight excluding hydrogens is 356 g/mol. The van der Waals surface area contributed by atoms with Crippen LogP contribution in [0.4, 0.5) is 0 Å². The van der Waals surface area contributed by atoms with Gasteiger partial charge < -0.3 is 10.2 Å². The number of nitrogens with zero attached hydrogens (tertiary/aromatic N) is 1. The van der Waals surface area contributed by atoms with E-state index in [0.29, 0.717) is 29.7 Å². The third-order valence-electron chi connectivity index (χ3n) is 5.67. The Labute approximate surface area is 167 Å². The van der Waals surface area contributed by atoms with Gasteiger partial charge in [0.2, 0.25) is 5.91 Å². The minimum atomic E-state index is -0.359. The zero-order valence-corrected chi connectivity index (χ0v) is 17.3. The lowest BCUT2D eigenvalue weighted by atomic mass is 9.88. The molecule has 1 aliphatic heterocycles. The summed E-state index contributed by atoms with van der Waals surface area (Å²) in [5.41, 5.74) is 0.681. The molecule has 3 rings (SSSR count). The molecule has 1 aromatic carbocycles. The third-order valence-corrected chi connectivity index (χ3v) is 7.13. The first kappa shape index (κ1) is 20.2. The number of nitrogens with one attached hydrogen (secondary N) is 1. The van der Waals surface area contributed by atoms with E-state index >= 15 is 0 Å². The summed E-state index contributed by atoms with van der Waals surface area (Å²) in [6.45, 7) is 4.99. The van der Waals surface area contributed by atoms with Crippen LogP contribution in [0.2, 0.25) is 0 Å². The van der Waals surface area contributed by atoms with Crippen molar-refractivity contribution in [2.75, 3.05) is 12.3 Å². The highest BCUT2D eigenvalue weighted by Crippen LogP contribution is 2.41. The highest BCUT2D eigenvalue weighted by atomic mass is 32.2. The Kier molecular flexibility index (Phi) is 7.22. The van der Waals surface area contributed by atoms with Crippen molar-refractivity contribution < 1.29 is 9.59 Å². The predicted molar refractivity (Wildman–Crippen MR) is 112 cm³/mol. The summed E-state index contributed by atoms with van der Waals surface area (Å²) in [6.07, 6.45) is 7.06. The van der Waals surface area contributed by atoms with Crippen molar-refractivity contribution in [3.8, 4) is 0 Å². The molecule has 1 N–H and O–H groups in total. The van der Waals surface area contributed by atoms with Crippen LogP contribution in [0.25, 0.3) is 0 Å². The summed E-state index contributed by atoms with van der Waals surface area (Å²) in [5.74, 6) is 1.77. The molecule has 1 saturated heterocycles. The summed E-state index contributed by atoms with van der Waals surface area (Å²) >= 11 is 1.80. The molecular formula is C22H32N2O2S. The monoisotopic (exact) mass is 388 g/mol. The molecule has 0 radical (unpaired) electrons. The maximum Gasteiger partial charge on any atom is 0.255 e. The third kappa shape index (κ3) is 5.07. The van der Waals surface area contributed by atoms with E-state index in [1.165, 1.54) is 19.3 Å². The molecule has 0 unspecified atom stereocenters. The van der Waals surface area contributed by atoms with Crippen molar-refractivity contribution >= 4 is 23.6 Å².